The van der Waals surface area contributed by atoms with Gasteiger partial charge in [-0.1, -0.05) is 0 Å². The quantitative estimate of drug-likeness (QED) is 0.864. The first-order chi connectivity index (χ1) is 7.07. The van der Waals surface area contributed by atoms with Gasteiger partial charge in [0.1, 0.15) is 0 Å². The summed E-state index contributed by atoms with van der Waals surface area (Å²) in [6.45, 7) is -0.218. The van der Waals surface area contributed by atoms with Crippen LogP contribution in [-0.2, 0) is 16.6 Å². The number of thiophene rings is 1. The van der Waals surface area contributed by atoms with Crippen molar-refractivity contribution in [1.29, 1.82) is 0 Å². The smallest absolute Gasteiger partial charge is 0.244 e. The Morgan fingerprint density at radius 2 is 2.27 bits per heavy atom. The van der Waals surface area contributed by atoms with E-state index in [0.717, 1.165) is 12.8 Å². The van der Waals surface area contributed by atoms with Crippen LogP contribution in [-0.4, -0.2) is 30.9 Å². The van der Waals surface area contributed by atoms with Gasteiger partial charge >= 0.3 is 0 Å². The lowest BCUT2D eigenvalue weighted by atomic mass is 10.5. The zero-order valence-corrected chi connectivity index (χ0v) is 10.0. The third-order valence-electron chi connectivity index (χ3n) is 2.57. The van der Waals surface area contributed by atoms with Gasteiger partial charge in [0, 0.05) is 18.0 Å². The molecule has 4 nitrogen and oxygen atoms in total. The van der Waals surface area contributed by atoms with Crippen molar-refractivity contribution < 1.29 is 13.5 Å². The van der Waals surface area contributed by atoms with Crippen molar-refractivity contribution in [3.05, 3.63) is 16.3 Å². The predicted molar refractivity (Wildman–Crippen MR) is 58.2 cm³/mol. The van der Waals surface area contributed by atoms with Crippen LogP contribution in [0.15, 0.2) is 16.3 Å². The summed E-state index contributed by atoms with van der Waals surface area (Å²) in [4.78, 5) is 0.770. The number of rotatable bonds is 4. The van der Waals surface area contributed by atoms with Gasteiger partial charge in [-0.3, -0.25) is 0 Å². The molecule has 1 N–H and O–H groups in total. The molecule has 1 aliphatic rings. The van der Waals surface area contributed by atoms with Gasteiger partial charge in [0.05, 0.1) is 11.5 Å². The van der Waals surface area contributed by atoms with Crippen LogP contribution < -0.4 is 0 Å². The average Bonchev–Trinajstić information content (AvgIpc) is 2.93. The maximum atomic E-state index is 12.1. The van der Waals surface area contributed by atoms with Crippen molar-refractivity contribution >= 4 is 21.4 Å². The molecule has 1 aromatic heterocycles. The van der Waals surface area contributed by atoms with E-state index < -0.39 is 10.0 Å². The van der Waals surface area contributed by atoms with Crippen LogP contribution in [0.1, 0.15) is 17.7 Å². The molecule has 1 saturated carbocycles. The molecule has 0 atom stereocenters. The van der Waals surface area contributed by atoms with Crippen molar-refractivity contribution in [3.63, 3.8) is 0 Å². The van der Waals surface area contributed by atoms with Gasteiger partial charge in [0.25, 0.3) is 0 Å². The summed E-state index contributed by atoms with van der Waals surface area (Å²) in [6.07, 6.45) is 1.88. The molecule has 1 fully saturated rings. The molecule has 0 aromatic carbocycles. The lowest BCUT2D eigenvalue weighted by Gasteiger charge is -2.16. The molecule has 6 heteroatoms. The van der Waals surface area contributed by atoms with E-state index in [9.17, 15) is 8.42 Å². The van der Waals surface area contributed by atoms with Gasteiger partial charge < -0.3 is 5.11 Å². The zero-order valence-electron chi connectivity index (χ0n) is 8.38. The van der Waals surface area contributed by atoms with Crippen LogP contribution in [0.4, 0.5) is 0 Å². The number of aliphatic hydroxyl groups is 1. The number of nitrogens with zero attached hydrogens (tertiary/aromatic N) is 1. The molecule has 1 heterocycles. The van der Waals surface area contributed by atoms with E-state index in [1.54, 1.807) is 18.5 Å². The van der Waals surface area contributed by atoms with Crippen LogP contribution in [0, 0.1) is 0 Å². The lowest BCUT2D eigenvalue weighted by Crippen LogP contribution is -2.29. The second kappa shape index (κ2) is 3.86. The molecule has 1 aliphatic carbocycles. The largest absolute Gasteiger partial charge is 0.391 e. The van der Waals surface area contributed by atoms with Crippen molar-refractivity contribution in [2.45, 2.75) is 30.4 Å². The molecule has 0 aliphatic heterocycles. The Balaban J connectivity index is 2.36. The van der Waals surface area contributed by atoms with Crippen molar-refractivity contribution in [2.24, 2.45) is 0 Å². The zero-order chi connectivity index (χ0) is 11.1. The van der Waals surface area contributed by atoms with E-state index in [-0.39, 0.29) is 17.5 Å². The standard InChI is InChI=1S/C9H13NO3S2/c1-10(7-2-3-7)15(12,13)9-4-5-14-8(9)6-11/h4-5,7,11H,2-3,6H2,1H3. The summed E-state index contributed by atoms with van der Waals surface area (Å²) in [6, 6.07) is 1.71. The normalized spacial score (nSPS) is 17.3. The van der Waals surface area contributed by atoms with E-state index >= 15 is 0 Å². The van der Waals surface area contributed by atoms with Crippen molar-refractivity contribution in [2.75, 3.05) is 7.05 Å². The molecule has 0 radical (unpaired) electrons. The molecule has 0 bridgehead atoms. The Morgan fingerprint density at radius 3 is 2.80 bits per heavy atom. The summed E-state index contributed by atoms with van der Waals surface area (Å²) >= 11 is 1.27. The Labute approximate surface area is 93.2 Å². The van der Waals surface area contributed by atoms with Crippen LogP contribution in [0.2, 0.25) is 0 Å². The van der Waals surface area contributed by atoms with Gasteiger partial charge in [0.2, 0.25) is 10.0 Å². The highest BCUT2D eigenvalue weighted by Gasteiger charge is 2.36. The molecule has 84 valence electrons. The highest BCUT2D eigenvalue weighted by Crippen LogP contribution is 2.32. The van der Waals surface area contributed by atoms with E-state index in [2.05, 4.69) is 0 Å². The second-order valence-corrected chi connectivity index (χ2v) is 6.59. The summed E-state index contributed by atoms with van der Waals surface area (Å²) in [7, 11) is -1.79. The topological polar surface area (TPSA) is 57.6 Å². The van der Waals surface area contributed by atoms with Crippen LogP contribution in [0.25, 0.3) is 0 Å². The summed E-state index contributed by atoms with van der Waals surface area (Å²) in [5.41, 5.74) is 0. The van der Waals surface area contributed by atoms with Gasteiger partial charge in [0.15, 0.2) is 0 Å². The summed E-state index contributed by atoms with van der Waals surface area (Å²) in [5.74, 6) is 0. The van der Waals surface area contributed by atoms with Crippen molar-refractivity contribution in [1.82, 2.24) is 4.31 Å². The van der Waals surface area contributed by atoms with E-state index in [1.807, 2.05) is 0 Å². The Kier molecular flexibility index (Phi) is 2.85. The first-order valence-corrected chi connectivity index (χ1v) is 7.04. The molecule has 0 amide bonds. The number of sulfonamides is 1. The van der Waals surface area contributed by atoms with E-state index in [0.29, 0.717) is 4.88 Å². The average molecular weight is 247 g/mol. The lowest BCUT2D eigenvalue weighted by molar-refractivity contribution is 0.282. The number of hydrogen-bond acceptors (Lipinski definition) is 4. The number of aliphatic hydroxyl groups excluding tert-OH is 1. The van der Waals surface area contributed by atoms with Gasteiger partial charge in [-0.25, -0.2) is 8.42 Å². The first-order valence-electron chi connectivity index (χ1n) is 4.72. The Bertz CT molecular complexity index is 448. The van der Waals surface area contributed by atoms with Gasteiger partial charge in [-0.15, -0.1) is 11.3 Å². The molecule has 0 unspecified atom stereocenters. The highest BCUT2D eigenvalue weighted by atomic mass is 32.2. The second-order valence-electron chi connectivity index (χ2n) is 3.62. The minimum atomic E-state index is -3.39. The first kappa shape index (κ1) is 11.1. The fourth-order valence-electron chi connectivity index (χ4n) is 1.46. The maximum absolute atomic E-state index is 12.1. The van der Waals surface area contributed by atoms with E-state index in [4.69, 9.17) is 5.11 Å². The van der Waals surface area contributed by atoms with E-state index in [1.165, 1.54) is 15.6 Å². The molecule has 1 aromatic rings. The molecular weight excluding hydrogens is 234 g/mol. The minimum absolute atomic E-state index is 0.154. The third kappa shape index (κ3) is 1.94. The van der Waals surface area contributed by atoms with Crippen LogP contribution in [0.5, 0.6) is 0 Å². The molecule has 2 rings (SSSR count). The van der Waals surface area contributed by atoms with Crippen molar-refractivity contribution in [3.8, 4) is 0 Å². The monoisotopic (exact) mass is 247 g/mol. The molecular formula is C9H13NO3S2. The summed E-state index contributed by atoms with van der Waals surface area (Å²) in [5, 5.41) is 10.7. The Hall–Kier alpha value is -0.430. The molecule has 0 spiro atoms. The predicted octanol–water partition coefficient (Wildman–Crippen LogP) is 1.02. The third-order valence-corrected chi connectivity index (χ3v) is 5.60. The summed E-state index contributed by atoms with van der Waals surface area (Å²) < 4.78 is 25.6. The highest BCUT2D eigenvalue weighted by molar-refractivity contribution is 7.89. The fourth-order valence-corrected chi connectivity index (χ4v) is 4.14. The van der Waals surface area contributed by atoms with Crippen LogP contribution in [0.3, 0.4) is 0 Å². The fraction of sp³-hybridized carbons (Fsp3) is 0.556. The maximum Gasteiger partial charge on any atom is 0.244 e. The van der Waals surface area contributed by atoms with Gasteiger partial charge in [-0.2, -0.15) is 4.31 Å². The molecule has 15 heavy (non-hydrogen) atoms. The minimum Gasteiger partial charge on any atom is -0.391 e. The molecule has 0 saturated heterocycles. The Morgan fingerprint density at radius 1 is 1.60 bits per heavy atom. The number of hydrogen-bond donors (Lipinski definition) is 1. The van der Waals surface area contributed by atoms with Crippen LogP contribution >= 0.6 is 11.3 Å². The SMILES string of the molecule is CN(C1CC1)S(=O)(=O)c1ccsc1CO. The van der Waals surface area contributed by atoms with Gasteiger partial charge in [-0.05, 0) is 24.3 Å².